The van der Waals surface area contributed by atoms with Crippen molar-refractivity contribution in [3.8, 4) is 0 Å². The van der Waals surface area contributed by atoms with E-state index in [1.807, 2.05) is 18.2 Å². The predicted octanol–water partition coefficient (Wildman–Crippen LogP) is 5.64. The monoisotopic (exact) mass is 486 g/mol. The molecule has 2 aliphatic carbocycles. The first-order chi connectivity index (χ1) is 16.9. The van der Waals surface area contributed by atoms with E-state index in [1.54, 1.807) is 0 Å². The van der Waals surface area contributed by atoms with Gasteiger partial charge in [-0.05, 0) is 44.1 Å². The highest BCUT2D eigenvalue weighted by Crippen LogP contribution is 2.60. The molecule has 0 spiro atoms. The van der Waals surface area contributed by atoms with Gasteiger partial charge in [0.25, 0.3) is 0 Å². The van der Waals surface area contributed by atoms with Gasteiger partial charge in [0.05, 0.1) is 6.10 Å². The van der Waals surface area contributed by atoms with E-state index in [-0.39, 0.29) is 19.3 Å². The number of carboxylic acids is 1. The number of unbranched alkanes of at least 4 members (excludes halogenated alkanes) is 7. The fourth-order valence-electron chi connectivity index (χ4n) is 6.15. The van der Waals surface area contributed by atoms with Crippen LogP contribution in [0.5, 0.6) is 0 Å². The van der Waals surface area contributed by atoms with Crippen LogP contribution < -0.4 is 0 Å². The maximum atomic E-state index is 12.9. The number of fused-ring (bicyclic) bond motifs is 2. The van der Waals surface area contributed by atoms with Crippen LogP contribution in [-0.2, 0) is 25.5 Å². The zero-order chi connectivity index (χ0) is 25.3. The second-order valence-corrected chi connectivity index (χ2v) is 10.7. The number of aliphatic carboxylic acids is 1. The van der Waals surface area contributed by atoms with Crippen LogP contribution in [0, 0.1) is 10.8 Å². The van der Waals surface area contributed by atoms with E-state index in [0.29, 0.717) is 19.3 Å². The molecule has 2 N–H and O–H groups in total. The van der Waals surface area contributed by atoms with Gasteiger partial charge in [0.15, 0.2) is 17.3 Å². The van der Waals surface area contributed by atoms with Gasteiger partial charge in [-0.1, -0.05) is 82.2 Å². The molecule has 2 fully saturated rings. The van der Waals surface area contributed by atoms with E-state index in [0.717, 1.165) is 57.8 Å². The molecule has 194 valence electrons. The standard InChI is InChI=1S/C29H42O6/c1-2-3-4-5-12-17-24(31)35-26-25(32)28(20-18-23(30)29(26,21-28)27(33)34)19-13-7-6-9-14-22-15-10-8-11-16-22/h8,10-11,15-16,25-26,32H,2-7,9,12-14,17-21H2,1H3,(H,33,34)/t25-,26+,28?,29?/m0/s1. The third-order valence-electron chi connectivity index (χ3n) is 8.24. The molecule has 35 heavy (non-hydrogen) atoms. The Morgan fingerprint density at radius 1 is 1.00 bits per heavy atom. The lowest BCUT2D eigenvalue weighted by atomic mass is 9.66. The number of ketones is 1. The molecule has 2 unspecified atom stereocenters. The van der Waals surface area contributed by atoms with Crippen LogP contribution in [0.15, 0.2) is 30.3 Å². The Morgan fingerprint density at radius 2 is 1.69 bits per heavy atom. The number of carbonyl (C=O) groups is 3. The molecule has 0 heterocycles. The summed E-state index contributed by atoms with van der Waals surface area (Å²) in [6, 6.07) is 10.4. The predicted molar refractivity (Wildman–Crippen MR) is 134 cm³/mol. The molecule has 2 bridgehead atoms. The number of benzene rings is 1. The Hall–Kier alpha value is -2.21. The van der Waals surface area contributed by atoms with Crippen molar-refractivity contribution in [2.24, 2.45) is 10.8 Å². The molecule has 1 aromatic carbocycles. The summed E-state index contributed by atoms with van der Waals surface area (Å²) in [5.41, 5.74) is -1.18. The number of Topliss-reactive ketones (excluding diaryl/α,β-unsaturated/α-hetero) is 1. The van der Waals surface area contributed by atoms with Crippen molar-refractivity contribution in [3.05, 3.63) is 35.9 Å². The highest BCUT2D eigenvalue weighted by Gasteiger charge is 2.71. The van der Waals surface area contributed by atoms with Gasteiger partial charge in [-0.25, -0.2) is 0 Å². The normalized spacial score (nSPS) is 27.7. The number of hydrogen-bond donors (Lipinski definition) is 2. The third-order valence-corrected chi connectivity index (χ3v) is 8.24. The summed E-state index contributed by atoms with van der Waals surface area (Å²) in [5.74, 6) is -2.20. The Labute approximate surface area is 209 Å². The van der Waals surface area contributed by atoms with Crippen molar-refractivity contribution in [3.63, 3.8) is 0 Å². The zero-order valence-corrected chi connectivity index (χ0v) is 21.2. The first-order valence-electron chi connectivity index (χ1n) is 13.5. The second-order valence-electron chi connectivity index (χ2n) is 10.7. The maximum absolute atomic E-state index is 12.9. The lowest BCUT2D eigenvalue weighted by molar-refractivity contribution is -0.175. The number of esters is 1. The van der Waals surface area contributed by atoms with Gasteiger partial charge < -0.3 is 14.9 Å². The summed E-state index contributed by atoms with van der Waals surface area (Å²) in [5, 5.41) is 21.4. The van der Waals surface area contributed by atoms with E-state index in [9.17, 15) is 24.6 Å². The van der Waals surface area contributed by atoms with Crippen molar-refractivity contribution in [2.45, 2.75) is 115 Å². The highest BCUT2D eigenvalue weighted by atomic mass is 16.6. The highest BCUT2D eigenvalue weighted by molar-refractivity contribution is 6.05. The molecule has 0 saturated heterocycles. The Bertz CT molecular complexity index is 852. The number of carbonyl (C=O) groups excluding carboxylic acids is 2. The van der Waals surface area contributed by atoms with Crippen LogP contribution in [-0.4, -0.2) is 40.1 Å². The fourth-order valence-corrected chi connectivity index (χ4v) is 6.15. The molecule has 0 amide bonds. The molecule has 6 heteroatoms. The number of ether oxygens (including phenoxy) is 1. The topological polar surface area (TPSA) is 101 Å². The smallest absolute Gasteiger partial charge is 0.321 e. The largest absolute Gasteiger partial charge is 0.480 e. The molecule has 6 nitrogen and oxygen atoms in total. The van der Waals surface area contributed by atoms with Gasteiger partial charge in [0.2, 0.25) is 0 Å². The summed E-state index contributed by atoms with van der Waals surface area (Å²) in [7, 11) is 0. The third kappa shape index (κ3) is 6.32. The SMILES string of the molecule is CCCCCCCC(=O)O[C@@H]1[C@H](O)C2(CCCCCCc3ccccc3)CCC(=O)C1(C(=O)O)C2. The van der Waals surface area contributed by atoms with E-state index >= 15 is 0 Å². The minimum Gasteiger partial charge on any atom is -0.480 e. The van der Waals surface area contributed by atoms with E-state index in [2.05, 4.69) is 19.1 Å². The van der Waals surface area contributed by atoms with Gasteiger partial charge in [-0.15, -0.1) is 0 Å². The van der Waals surface area contributed by atoms with E-state index < -0.39 is 40.8 Å². The number of aliphatic hydroxyl groups excluding tert-OH is 1. The molecule has 2 saturated carbocycles. The van der Waals surface area contributed by atoms with Crippen molar-refractivity contribution in [2.75, 3.05) is 0 Å². The average Bonchev–Trinajstić information content (AvgIpc) is 3.05. The molecular formula is C29H42O6. The number of aliphatic hydroxyl groups is 1. The van der Waals surface area contributed by atoms with Gasteiger partial charge in [0, 0.05) is 18.3 Å². The zero-order valence-electron chi connectivity index (χ0n) is 21.2. The quantitative estimate of drug-likeness (QED) is 0.189. The van der Waals surface area contributed by atoms with Crippen molar-refractivity contribution < 1.29 is 29.3 Å². The second kappa shape index (κ2) is 12.7. The minimum atomic E-state index is -1.82. The van der Waals surface area contributed by atoms with Crippen LogP contribution in [0.25, 0.3) is 0 Å². The van der Waals surface area contributed by atoms with Crippen LogP contribution in [0.1, 0.15) is 102 Å². The molecule has 0 radical (unpaired) electrons. The summed E-state index contributed by atoms with van der Waals surface area (Å²) < 4.78 is 5.61. The molecule has 0 aliphatic heterocycles. The van der Waals surface area contributed by atoms with Crippen molar-refractivity contribution >= 4 is 17.7 Å². The lowest BCUT2D eigenvalue weighted by Gasteiger charge is -2.36. The number of aryl methyl sites for hydroxylation is 1. The van der Waals surface area contributed by atoms with Crippen molar-refractivity contribution in [1.82, 2.24) is 0 Å². The molecule has 4 atom stereocenters. The fraction of sp³-hybridized carbons (Fsp3) is 0.690. The summed E-state index contributed by atoms with van der Waals surface area (Å²) in [6.07, 6.45) is 8.89. The summed E-state index contributed by atoms with van der Waals surface area (Å²) in [6.45, 7) is 2.12. The Kier molecular flexibility index (Phi) is 9.90. The summed E-state index contributed by atoms with van der Waals surface area (Å²) in [4.78, 5) is 37.8. The number of rotatable bonds is 15. The Morgan fingerprint density at radius 3 is 2.40 bits per heavy atom. The lowest BCUT2D eigenvalue weighted by Crippen LogP contribution is -2.50. The molecule has 0 aromatic heterocycles. The Balaban J connectivity index is 1.57. The molecular weight excluding hydrogens is 444 g/mol. The van der Waals surface area contributed by atoms with Gasteiger partial charge in [0.1, 0.15) is 0 Å². The van der Waals surface area contributed by atoms with E-state index in [4.69, 9.17) is 4.74 Å². The first-order valence-corrected chi connectivity index (χ1v) is 13.5. The number of carboxylic acid groups (broad SMARTS) is 1. The van der Waals surface area contributed by atoms with Crippen LogP contribution in [0.2, 0.25) is 0 Å². The number of hydrogen-bond acceptors (Lipinski definition) is 5. The first kappa shape index (κ1) is 27.4. The maximum Gasteiger partial charge on any atom is 0.321 e. The molecule has 1 aromatic rings. The van der Waals surface area contributed by atoms with Crippen LogP contribution >= 0.6 is 0 Å². The molecule has 2 aliphatic rings. The van der Waals surface area contributed by atoms with E-state index in [1.165, 1.54) is 5.56 Å². The van der Waals surface area contributed by atoms with Crippen LogP contribution in [0.4, 0.5) is 0 Å². The summed E-state index contributed by atoms with van der Waals surface area (Å²) >= 11 is 0. The minimum absolute atomic E-state index is 0.0633. The van der Waals surface area contributed by atoms with Gasteiger partial charge in [-0.3, -0.25) is 14.4 Å². The van der Waals surface area contributed by atoms with Gasteiger partial charge in [-0.2, -0.15) is 0 Å². The van der Waals surface area contributed by atoms with Crippen molar-refractivity contribution in [1.29, 1.82) is 0 Å². The van der Waals surface area contributed by atoms with Gasteiger partial charge >= 0.3 is 11.9 Å². The van der Waals surface area contributed by atoms with Crippen LogP contribution in [0.3, 0.4) is 0 Å². The average molecular weight is 487 g/mol. The molecule has 3 rings (SSSR count).